The molecule has 6 nitrogen and oxygen atoms in total. The standard InChI is InChI=1S/C14H12FN5OS/c15-11-3-5-12(6-4-11)17-13(21)9-19-14(22)20(10-16-19)18-7-1-2-8-18/h1-8,10H,9H2,(H,17,21). The normalized spacial score (nSPS) is 10.6. The third-order valence-corrected chi connectivity index (χ3v) is 3.37. The van der Waals surface area contributed by atoms with Gasteiger partial charge in [-0.3, -0.25) is 9.47 Å². The summed E-state index contributed by atoms with van der Waals surface area (Å²) in [5.41, 5.74) is 0.516. The van der Waals surface area contributed by atoms with Gasteiger partial charge < -0.3 is 5.32 Å². The van der Waals surface area contributed by atoms with Crippen molar-refractivity contribution in [3.63, 3.8) is 0 Å². The lowest BCUT2D eigenvalue weighted by molar-refractivity contribution is -0.116. The summed E-state index contributed by atoms with van der Waals surface area (Å²) in [5, 5.41) is 6.76. The number of carbonyl (C=O) groups excluding carboxylic acids is 1. The minimum absolute atomic E-state index is 0.0233. The molecule has 0 atom stereocenters. The zero-order valence-corrected chi connectivity index (χ0v) is 12.2. The molecule has 0 bridgehead atoms. The number of amides is 1. The van der Waals surface area contributed by atoms with Gasteiger partial charge in [0.15, 0.2) is 0 Å². The quantitative estimate of drug-likeness (QED) is 0.751. The first-order valence-corrected chi connectivity index (χ1v) is 6.88. The van der Waals surface area contributed by atoms with Crippen LogP contribution in [-0.2, 0) is 11.3 Å². The second-order valence-electron chi connectivity index (χ2n) is 4.53. The van der Waals surface area contributed by atoms with E-state index in [2.05, 4.69) is 10.4 Å². The maximum Gasteiger partial charge on any atom is 0.246 e. The smallest absolute Gasteiger partial charge is 0.246 e. The average molecular weight is 317 g/mol. The van der Waals surface area contributed by atoms with Crippen LogP contribution in [0.2, 0.25) is 0 Å². The molecular formula is C14H12FN5OS. The lowest BCUT2D eigenvalue weighted by Gasteiger charge is -2.05. The van der Waals surface area contributed by atoms with Crippen molar-refractivity contribution in [2.45, 2.75) is 6.54 Å². The largest absolute Gasteiger partial charge is 0.324 e. The Morgan fingerprint density at radius 3 is 2.59 bits per heavy atom. The highest BCUT2D eigenvalue weighted by Gasteiger charge is 2.08. The number of carbonyl (C=O) groups is 1. The molecule has 0 aliphatic heterocycles. The molecule has 0 unspecified atom stereocenters. The summed E-state index contributed by atoms with van der Waals surface area (Å²) in [5.74, 6) is -0.647. The number of aromatic nitrogens is 4. The lowest BCUT2D eigenvalue weighted by atomic mass is 10.3. The van der Waals surface area contributed by atoms with Crippen molar-refractivity contribution in [3.05, 3.63) is 65.7 Å². The van der Waals surface area contributed by atoms with Gasteiger partial charge in [-0.05, 0) is 48.6 Å². The van der Waals surface area contributed by atoms with Crippen molar-refractivity contribution >= 4 is 23.8 Å². The molecule has 2 aromatic heterocycles. The molecule has 112 valence electrons. The van der Waals surface area contributed by atoms with E-state index in [-0.39, 0.29) is 18.3 Å². The third-order valence-electron chi connectivity index (χ3n) is 2.98. The summed E-state index contributed by atoms with van der Waals surface area (Å²) in [6.07, 6.45) is 5.17. The second-order valence-corrected chi connectivity index (χ2v) is 4.90. The van der Waals surface area contributed by atoms with Crippen LogP contribution < -0.4 is 5.32 Å². The van der Waals surface area contributed by atoms with Gasteiger partial charge in [0.05, 0.1) is 0 Å². The number of nitrogens with one attached hydrogen (secondary N) is 1. The summed E-state index contributed by atoms with van der Waals surface area (Å²) in [6.45, 7) is -0.0233. The maximum absolute atomic E-state index is 12.8. The fraction of sp³-hybridized carbons (Fsp3) is 0.0714. The molecule has 0 aliphatic carbocycles. The molecule has 0 saturated heterocycles. The first-order valence-electron chi connectivity index (χ1n) is 6.47. The summed E-state index contributed by atoms with van der Waals surface area (Å²) in [4.78, 5) is 12.0. The van der Waals surface area contributed by atoms with Gasteiger partial charge in [0.2, 0.25) is 10.7 Å². The molecule has 0 aliphatic rings. The van der Waals surface area contributed by atoms with Crippen molar-refractivity contribution in [2.75, 3.05) is 5.32 Å². The van der Waals surface area contributed by atoms with Crippen LogP contribution in [-0.4, -0.2) is 25.0 Å². The number of benzene rings is 1. The van der Waals surface area contributed by atoms with Crippen LogP contribution in [0.1, 0.15) is 0 Å². The number of hydrogen-bond acceptors (Lipinski definition) is 3. The van der Waals surface area contributed by atoms with Crippen molar-refractivity contribution < 1.29 is 9.18 Å². The zero-order valence-electron chi connectivity index (χ0n) is 11.4. The summed E-state index contributed by atoms with van der Waals surface area (Å²) < 4.78 is 18.0. The van der Waals surface area contributed by atoms with E-state index in [4.69, 9.17) is 12.2 Å². The van der Waals surface area contributed by atoms with E-state index in [0.29, 0.717) is 10.5 Å². The molecule has 1 aromatic carbocycles. The molecular weight excluding hydrogens is 305 g/mol. The van der Waals surface area contributed by atoms with Crippen LogP contribution in [0.15, 0.2) is 55.1 Å². The van der Waals surface area contributed by atoms with Gasteiger partial charge in [0.25, 0.3) is 0 Å². The molecule has 1 amide bonds. The van der Waals surface area contributed by atoms with Gasteiger partial charge in [-0.2, -0.15) is 5.10 Å². The summed E-state index contributed by atoms with van der Waals surface area (Å²) in [7, 11) is 0. The van der Waals surface area contributed by atoms with Crippen LogP contribution in [0.3, 0.4) is 0 Å². The predicted octanol–water partition coefficient (Wildman–Crippen LogP) is 2.30. The number of rotatable bonds is 4. The van der Waals surface area contributed by atoms with Gasteiger partial charge in [0, 0.05) is 18.1 Å². The zero-order chi connectivity index (χ0) is 15.5. The third kappa shape index (κ3) is 2.96. The second kappa shape index (κ2) is 5.94. The van der Waals surface area contributed by atoms with Gasteiger partial charge in [-0.1, -0.05) is 0 Å². The molecule has 3 rings (SSSR count). The van der Waals surface area contributed by atoms with Crippen molar-refractivity contribution in [3.8, 4) is 0 Å². The highest BCUT2D eigenvalue weighted by atomic mass is 32.1. The average Bonchev–Trinajstić information content (AvgIpc) is 3.12. The fourth-order valence-electron chi connectivity index (χ4n) is 1.93. The van der Waals surface area contributed by atoms with E-state index in [1.807, 2.05) is 24.5 Å². The predicted molar refractivity (Wildman–Crippen MR) is 81.3 cm³/mol. The minimum Gasteiger partial charge on any atom is -0.324 e. The number of nitrogens with zero attached hydrogens (tertiary/aromatic N) is 4. The van der Waals surface area contributed by atoms with E-state index in [1.54, 1.807) is 9.35 Å². The Morgan fingerprint density at radius 2 is 1.91 bits per heavy atom. The minimum atomic E-state index is -0.356. The number of anilines is 1. The van der Waals surface area contributed by atoms with E-state index in [9.17, 15) is 9.18 Å². The molecule has 2 heterocycles. The summed E-state index contributed by atoms with van der Waals surface area (Å²) >= 11 is 5.29. The molecule has 0 spiro atoms. The van der Waals surface area contributed by atoms with Crippen LogP contribution in [0.4, 0.5) is 10.1 Å². The van der Waals surface area contributed by atoms with Gasteiger partial charge in [-0.25, -0.2) is 13.7 Å². The topological polar surface area (TPSA) is 56.8 Å². The van der Waals surface area contributed by atoms with E-state index in [0.717, 1.165) is 0 Å². The Kier molecular flexibility index (Phi) is 3.84. The first-order chi connectivity index (χ1) is 10.6. The number of halogens is 1. The Balaban J connectivity index is 1.72. The fourth-order valence-corrected chi connectivity index (χ4v) is 2.19. The molecule has 22 heavy (non-hydrogen) atoms. The monoisotopic (exact) mass is 317 g/mol. The van der Waals surface area contributed by atoms with Crippen LogP contribution in [0.25, 0.3) is 0 Å². The Morgan fingerprint density at radius 1 is 1.23 bits per heavy atom. The Labute approximate surface area is 130 Å². The SMILES string of the molecule is O=C(Cn1ncn(-n2cccc2)c1=S)Nc1ccc(F)cc1. The van der Waals surface area contributed by atoms with Gasteiger partial charge in [0.1, 0.15) is 18.7 Å². The maximum atomic E-state index is 12.8. The highest BCUT2D eigenvalue weighted by Crippen LogP contribution is 2.08. The van der Waals surface area contributed by atoms with Crippen molar-refractivity contribution in [1.29, 1.82) is 0 Å². The Hall–Kier alpha value is -2.74. The molecule has 8 heteroatoms. The molecule has 1 N–H and O–H groups in total. The highest BCUT2D eigenvalue weighted by molar-refractivity contribution is 7.71. The van der Waals surface area contributed by atoms with Crippen LogP contribution >= 0.6 is 12.2 Å². The van der Waals surface area contributed by atoms with Crippen LogP contribution in [0, 0.1) is 10.6 Å². The van der Waals surface area contributed by atoms with Crippen molar-refractivity contribution in [1.82, 2.24) is 19.1 Å². The van der Waals surface area contributed by atoms with Gasteiger partial charge in [-0.15, -0.1) is 0 Å². The van der Waals surface area contributed by atoms with Gasteiger partial charge >= 0.3 is 0 Å². The molecule has 3 aromatic rings. The van der Waals surface area contributed by atoms with E-state index < -0.39 is 0 Å². The van der Waals surface area contributed by atoms with Crippen LogP contribution in [0.5, 0.6) is 0 Å². The first kappa shape index (κ1) is 14.2. The molecule has 0 saturated carbocycles. The van der Waals surface area contributed by atoms with E-state index in [1.165, 1.54) is 35.3 Å². The summed E-state index contributed by atoms with van der Waals surface area (Å²) in [6, 6.07) is 9.26. The van der Waals surface area contributed by atoms with E-state index >= 15 is 0 Å². The Bertz CT molecular complexity index is 835. The number of hydrogen-bond donors (Lipinski definition) is 1. The molecule has 0 radical (unpaired) electrons. The lowest BCUT2D eigenvalue weighted by Crippen LogP contribution is -2.20. The molecule has 0 fully saturated rings. The van der Waals surface area contributed by atoms with Crippen molar-refractivity contribution in [2.24, 2.45) is 0 Å².